The minimum Gasteiger partial charge on any atom is -0.275 e. The first-order valence-corrected chi connectivity index (χ1v) is 4.46. The maximum atomic E-state index is 11.3. The number of carbonyl (C=O) groups is 2. The highest BCUT2D eigenvalue weighted by Crippen LogP contribution is 1.95. The number of nitrogens with zero attached hydrogens (tertiary/aromatic N) is 1. The highest BCUT2D eigenvalue weighted by atomic mass is 16.2. The Kier molecular flexibility index (Phi) is 3.64. The third-order valence-corrected chi connectivity index (χ3v) is 1.86. The zero-order valence-electron chi connectivity index (χ0n) is 8.65. The molecule has 0 aliphatic rings. The van der Waals surface area contributed by atoms with Crippen LogP contribution in [-0.2, 0) is 9.59 Å². The molecule has 0 atom stereocenters. The lowest BCUT2D eigenvalue weighted by molar-refractivity contribution is -0.138. The lowest BCUT2D eigenvalue weighted by Gasteiger charge is -2.06. The molecule has 15 heavy (non-hydrogen) atoms. The number of hydrogen-bond donors (Lipinski definition) is 0. The van der Waals surface area contributed by atoms with Crippen LogP contribution in [0.5, 0.6) is 0 Å². The van der Waals surface area contributed by atoms with Crippen LogP contribution in [0.4, 0.5) is 0 Å². The van der Waals surface area contributed by atoms with E-state index in [0.717, 1.165) is 10.5 Å². The van der Waals surface area contributed by atoms with Crippen LogP contribution >= 0.6 is 0 Å². The summed E-state index contributed by atoms with van der Waals surface area (Å²) < 4.78 is 0. The summed E-state index contributed by atoms with van der Waals surface area (Å²) in [7, 11) is 1.41. The molecule has 0 N–H and O–H groups in total. The Bertz CT molecular complexity index is 426. The minimum atomic E-state index is -0.494. The Labute approximate surface area is 88.7 Å². The lowest BCUT2D eigenvalue weighted by Crippen LogP contribution is -2.29. The highest BCUT2D eigenvalue weighted by Gasteiger charge is 2.08. The molecule has 0 spiro atoms. The molecule has 76 valence electrons. The van der Waals surface area contributed by atoms with Crippen molar-refractivity contribution in [2.75, 3.05) is 7.05 Å². The van der Waals surface area contributed by atoms with Gasteiger partial charge in [-0.2, -0.15) is 0 Å². The second-order valence-electron chi connectivity index (χ2n) is 3.00. The standard InChI is InChI=1S/C12H11NO2/c1-10(14)13(2)12(15)9-8-11-6-4-3-5-7-11/h3-7H,1-2H3. The molecule has 1 aromatic rings. The first kappa shape index (κ1) is 11.0. The Hall–Kier alpha value is -2.08. The van der Waals surface area contributed by atoms with Crippen molar-refractivity contribution >= 4 is 11.8 Å². The van der Waals surface area contributed by atoms with Crippen LogP contribution in [0.1, 0.15) is 12.5 Å². The van der Waals surface area contributed by atoms with Gasteiger partial charge in [-0.15, -0.1) is 0 Å². The van der Waals surface area contributed by atoms with Crippen molar-refractivity contribution in [2.45, 2.75) is 6.92 Å². The molecule has 0 fully saturated rings. The van der Waals surface area contributed by atoms with E-state index in [-0.39, 0.29) is 5.91 Å². The van der Waals surface area contributed by atoms with E-state index in [0.29, 0.717) is 0 Å². The monoisotopic (exact) mass is 201 g/mol. The van der Waals surface area contributed by atoms with Crippen LogP contribution in [0.15, 0.2) is 30.3 Å². The molecule has 3 nitrogen and oxygen atoms in total. The van der Waals surface area contributed by atoms with E-state index in [4.69, 9.17) is 0 Å². The van der Waals surface area contributed by atoms with Gasteiger partial charge < -0.3 is 0 Å². The van der Waals surface area contributed by atoms with Crippen molar-refractivity contribution in [2.24, 2.45) is 0 Å². The molecular weight excluding hydrogens is 190 g/mol. The fraction of sp³-hybridized carbons (Fsp3) is 0.167. The van der Waals surface area contributed by atoms with Gasteiger partial charge in [0.1, 0.15) is 0 Å². The maximum absolute atomic E-state index is 11.3. The fourth-order valence-electron chi connectivity index (χ4n) is 0.874. The molecule has 3 heteroatoms. The zero-order chi connectivity index (χ0) is 11.3. The molecule has 0 saturated carbocycles. The molecular formula is C12H11NO2. The summed E-state index contributed by atoms with van der Waals surface area (Å²) in [6, 6.07) is 9.14. The predicted molar refractivity (Wildman–Crippen MR) is 56.8 cm³/mol. The summed E-state index contributed by atoms with van der Waals surface area (Å²) in [4.78, 5) is 23.1. The molecule has 0 saturated heterocycles. The SMILES string of the molecule is CC(=O)N(C)C(=O)C#Cc1ccccc1. The van der Waals surface area contributed by atoms with Crippen molar-refractivity contribution in [3.8, 4) is 11.8 Å². The summed E-state index contributed by atoms with van der Waals surface area (Å²) >= 11 is 0. The molecule has 1 rings (SSSR count). The third-order valence-electron chi connectivity index (χ3n) is 1.86. The van der Waals surface area contributed by atoms with E-state index in [1.165, 1.54) is 14.0 Å². The summed E-state index contributed by atoms with van der Waals surface area (Å²) in [5.41, 5.74) is 0.753. The van der Waals surface area contributed by atoms with E-state index < -0.39 is 5.91 Å². The zero-order valence-corrected chi connectivity index (χ0v) is 8.65. The first-order chi connectivity index (χ1) is 7.11. The molecule has 0 aromatic heterocycles. The number of carbonyl (C=O) groups excluding carboxylic acids is 2. The second kappa shape index (κ2) is 4.97. The number of rotatable bonds is 0. The smallest absolute Gasteiger partial charge is 0.275 e. The Morgan fingerprint density at radius 2 is 1.80 bits per heavy atom. The molecule has 0 radical (unpaired) electrons. The molecule has 2 amide bonds. The first-order valence-electron chi connectivity index (χ1n) is 4.46. The Morgan fingerprint density at radius 3 is 2.33 bits per heavy atom. The quantitative estimate of drug-likeness (QED) is 0.588. The minimum absolute atomic E-state index is 0.317. The largest absolute Gasteiger partial charge is 0.305 e. The maximum Gasteiger partial charge on any atom is 0.305 e. The Morgan fingerprint density at radius 1 is 1.20 bits per heavy atom. The fourth-order valence-corrected chi connectivity index (χ4v) is 0.874. The van der Waals surface area contributed by atoms with Crippen LogP contribution in [0.3, 0.4) is 0 Å². The summed E-state index contributed by atoms with van der Waals surface area (Å²) in [5, 5.41) is 0. The number of benzene rings is 1. The summed E-state index contributed by atoms with van der Waals surface area (Å²) in [5.74, 6) is 4.27. The predicted octanol–water partition coefficient (Wildman–Crippen LogP) is 1.04. The van der Waals surface area contributed by atoms with Crippen molar-refractivity contribution in [3.63, 3.8) is 0 Å². The number of amides is 2. The van der Waals surface area contributed by atoms with Crippen molar-refractivity contribution in [1.82, 2.24) is 4.90 Å². The van der Waals surface area contributed by atoms with E-state index in [9.17, 15) is 9.59 Å². The average Bonchev–Trinajstić information content (AvgIpc) is 2.26. The topological polar surface area (TPSA) is 37.4 Å². The second-order valence-corrected chi connectivity index (χ2v) is 3.00. The highest BCUT2D eigenvalue weighted by molar-refractivity contribution is 6.03. The molecule has 0 aliphatic carbocycles. The molecule has 0 unspecified atom stereocenters. The van der Waals surface area contributed by atoms with Gasteiger partial charge in [0.2, 0.25) is 5.91 Å². The van der Waals surface area contributed by atoms with Crippen LogP contribution in [0.2, 0.25) is 0 Å². The molecule has 0 bridgehead atoms. The number of imide groups is 1. The van der Waals surface area contributed by atoms with E-state index in [1.807, 2.05) is 18.2 Å². The van der Waals surface area contributed by atoms with E-state index in [1.54, 1.807) is 12.1 Å². The average molecular weight is 201 g/mol. The van der Waals surface area contributed by atoms with Gasteiger partial charge in [0.25, 0.3) is 0 Å². The van der Waals surface area contributed by atoms with Crippen LogP contribution < -0.4 is 0 Å². The van der Waals surface area contributed by atoms with Crippen LogP contribution in [0.25, 0.3) is 0 Å². The lowest BCUT2D eigenvalue weighted by atomic mass is 10.2. The van der Waals surface area contributed by atoms with Gasteiger partial charge in [-0.3, -0.25) is 14.5 Å². The molecule has 0 heterocycles. The van der Waals surface area contributed by atoms with E-state index >= 15 is 0 Å². The van der Waals surface area contributed by atoms with Crippen molar-refractivity contribution in [3.05, 3.63) is 35.9 Å². The van der Waals surface area contributed by atoms with Gasteiger partial charge >= 0.3 is 5.91 Å². The van der Waals surface area contributed by atoms with Gasteiger partial charge in [-0.05, 0) is 12.1 Å². The Balaban J connectivity index is 2.75. The summed E-state index contributed by atoms with van der Waals surface area (Å²) in [6.45, 7) is 1.32. The molecule has 0 aliphatic heterocycles. The molecule has 1 aromatic carbocycles. The van der Waals surface area contributed by atoms with Gasteiger partial charge in [-0.25, -0.2) is 0 Å². The normalized spacial score (nSPS) is 8.67. The van der Waals surface area contributed by atoms with Gasteiger partial charge in [0.15, 0.2) is 0 Å². The van der Waals surface area contributed by atoms with Crippen molar-refractivity contribution < 1.29 is 9.59 Å². The van der Waals surface area contributed by atoms with Crippen molar-refractivity contribution in [1.29, 1.82) is 0 Å². The van der Waals surface area contributed by atoms with Gasteiger partial charge in [0.05, 0.1) is 0 Å². The van der Waals surface area contributed by atoms with Crippen LogP contribution in [-0.4, -0.2) is 23.8 Å². The van der Waals surface area contributed by atoms with Crippen LogP contribution in [0, 0.1) is 11.8 Å². The van der Waals surface area contributed by atoms with E-state index in [2.05, 4.69) is 11.8 Å². The third kappa shape index (κ3) is 3.28. The number of hydrogen-bond acceptors (Lipinski definition) is 2. The van der Waals surface area contributed by atoms with Gasteiger partial charge in [0, 0.05) is 25.5 Å². The summed E-state index contributed by atoms with van der Waals surface area (Å²) in [6.07, 6.45) is 0. The van der Waals surface area contributed by atoms with Gasteiger partial charge in [-0.1, -0.05) is 24.1 Å².